The Morgan fingerprint density at radius 3 is 2.45 bits per heavy atom. The maximum atomic E-state index is 12.6. The van der Waals surface area contributed by atoms with Gasteiger partial charge in [0.15, 0.2) is 9.84 Å². The summed E-state index contributed by atoms with van der Waals surface area (Å²) >= 11 is 0. The van der Waals surface area contributed by atoms with Crippen molar-refractivity contribution < 1.29 is 13.2 Å². The van der Waals surface area contributed by atoms with E-state index < -0.39 is 9.84 Å². The standard InChI is InChI=1S/C16H28N2O3S/c19-16(17-14-8-5-11-22(20,21)12-14)18-10-4-9-15(18)13-6-2-1-3-7-13/h13-15H,1-12H2,(H,17,19)/t14-,15-/m0/s1. The average Bonchev–Trinajstić information content (AvgIpc) is 2.96. The molecule has 2 saturated heterocycles. The van der Waals surface area contributed by atoms with Gasteiger partial charge in [0, 0.05) is 18.6 Å². The normalized spacial score (nSPS) is 32.8. The van der Waals surface area contributed by atoms with E-state index in [1.165, 1.54) is 32.1 Å². The lowest BCUT2D eigenvalue weighted by atomic mass is 9.83. The van der Waals surface area contributed by atoms with Crippen LogP contribution >= 0.6 is 0 Å². The molecule has 1 N–H and O–H groups in total. The molecule has 3 rings (SSSR count). The van der Waals surface area contributed by atoms with Crippen molar-refractivity contribution in [3.05, 3.63) is 0 Å². The SMILES string of the molecule is O=C(N[C@H]1CCCS(=O)(=O)C1)N1CCC[C@H]1C1CCCCC1. The second-order valence-corrected chi connectivity index (χ2v) is 9.43. The van der Waals surface area contributed by atoms with Crippen LogP contribution in [-0.4, -0.2) is 49.5 Å². The number of likely N-dealkylation sites (tertiary alicyclic amines) is 1. The van der Waals surface area contributed by atoms with Gasteiger partial charge in [0.05, 0.1) is 11.5 Å². The number of sulfone groups is 1. The highest BCUT2D eigenvalue weighted by atomic mass is 32.2. The molecule has 0 aromatic heterocycles. The summed E-state index contributed by atoms with van der Waals surface area (Å²) in [6.07, 6.45) is 10.0. The molecule has 1 saturated carbocycles. The molecule has 2 atom stereocenters. The van der Waals surface area contributed by atoms with E-state index in [9.17, 15) is 13.2 Å². The molecule has 2 heterocycles. The molecule has 3 fully saturated rings. The fourth-order valence-corrected chi connectivity index (χ4v) is 6.08. The van der Waals surface area contributed by atoms with E-state index in [0.29, 0.717) is 18.4 Å². The molecule has 0 radical (unpaired) electrons. The quantitative estimate of drug-likeness (QED) is 0.846. The van der Waals surface area contributed by atoms with E-state index in [-0.39, 0.29) is 23.6 Å². The van der Waals surface area contributed by atoms with Crippen LogP contribution in [0, 0.1) is 5.92 Å². The minimum atomic E-state index is -2.97. The average molecular weight is 328 g/mol. The van der Waals surface area contributed by atoms with Gasteiger partial charge in [0.1, 0.15) is 0 Å². The number of carbonyl (C=O) groups excluding carboxylic acids is 1. The number of nitrogens with one attached hydrogen (secondary N) is 1. The molecular formula is C16H28N2O3S. The second kappa shape index (κ2) is 6.77. The molecule has 0 aromatic carbocycles. The van der Waals surface area contributed by atoms with Crippen LogP contribution in [0.3, 0.4) is 0 Å². The molecule has 0 unspecified atom stereocenters. The number of carbonyl (C=O) groups is 1. The molecular weight excluding hydrogens is 300 g/mol. The molecule has 2 aliphatic heterocycles. The topological polar surface area (TPSA) is 66.5 Å². The van der Waals surface area contributed by atoms with Gasteiger partial charge in [0.25, 0.3) is 0 Å². The van der Waals surface area contributed by atoms with Gasteiger partial charge in [0.2, 0.25) is 0 Å². The first kappa shape index (κ1) is 16.1. The number of rotatable bonds is 2. The van der Waals surface area contributed by atoms with Crippen molar-refractivity contribution in [1.82, 2.24) is 10.2 Å². The lowest BCUT2D eigenvalue weighted by Gasteiger charge is -2.35. The van der Waals surface area contributed by atoms with Crippen LogP contribution in [0.1, 0.15) is 57.8 Å². The van der Waals surface area contributed by atoms with Crippen molar-refractivity contribution in [3.63, 3.8) is 0 Å². The molecule has 2 amide bonds. The third-order valence-electron chi connectivity index (χ3n) is 5.54. The molecule has 3 aliphatic rings. The maximum absolute atomic E-state index is 12.6. The molecule has 0 spiro atoms. The minimum absolute atomic E-state index is 0.0322. The number of hydrogen-bond donors (Lipinski definition) is 1. The Hall–Kier alpha value is -0.780. The Kier molecular flexibility index (Phi) is 4.95. The van der Waals surface area contributed by atoms with Gasteiger partial charge in [-0.2, -0.15) is 0 Å². The fraction of sp³-hybridized carbons (Fsp3) is 0.938. The first-order valence-corrected chi connectivity index (χ1v) is 10.6. The number of amides is 2. The van der Waals surface area contributed by atoms with Crippen LogP contribution in [0.2, 0.25) is 0 Å². The molecule has 0 bridgehead atoms. The van der Waals surface area contributed by atoms with Gasteiger partial charge in [-0.05, 0) is 44.4 Å². The van der Waals surface area contributed by atoms with E-state index in [0.717, 1.165) is 25.8 Å². The third-order valence-corrected chi connectivity index (χ3v) is 7.37. The monoisotopic (exact) mass is 328 g/mol. The minimum Gasteiger partial charge on any atom is -0.334 e. The smallest absolute Gasteiger partial charge is 0.317 e. The second-order valence-electron chi connectivity index (χ2n) is 7.20. The van der Waals surface area contributed by atoms with Crippen LogP contribution in [0.4, 0.5) is 4.79 Å². The highest BCUT2D eigenvalue weighted by Crippen LogP contribution is 2.34. The summed E-state index contributed by atoms with van der Waals surface area (Å²) in [5.41, 5.74) is 0. The Bertz CT molecular complexity index is 500. The van der Waals surface area contributed by atoms with Crippen molar-refractivity contribution in [3.8, 4) is 0 Å². The molecule has 6 heteroatoms. The lowest BCUT2D eigenvalue weighted by molar-refractivity contribution is 0.153. The van der Waals surface area contributed by atoms with E-state index in [4.69, 9.17) is 0 Å². The molecule has 5 nitrogen and oxygen atoms in total. The summed E-state index contributed by atoms with van der Waals surface area (Å²) in [5, 5.41) is 2.99. The van der Waals surface area contributed by atoms with E-state index in [1.54, 1.807) is 0 Å². The summed E-state index contributed by atoms with van der Waals surface area (Å²) in [6, 6.07) is 0.148. The first-order chi connectivity index (χ1) is 10.6. The summed E-state index contributed by atoms with van der Waals surface area (Å²) < 4.78 is 23.4. The van der Waals surface area contributed by atoms with Crippen molar-refractivity contribution in [1.29, 1.82) is 0 Å². The Morgan fingerprint density at radius 2 is 1.73 bits per heavy atom. The van der Waals surface area contributed by atoms with Crippen molar-refractivity contribution in [2.24, 2.45) is 5.92 Å². The maximum Gasteiger partial charge on any atom is 0.317 e. The van der Waals surface area contributed by atoms with Crippen LogP contribution < -0.4 is 5.32 Å². The zero-order valence-electron chi connectivity index (χ0n) is 13.3. The Balaban J connectivity index is 1.58. The fourth-order valence-electron chi connectivity index (χ4n) is 4.45. The zero-order chi connectivity index (χ0) is 15.6. The molecule has 0 aromatic rings. The molecule has 22 heavy (non-hydrogen) atoms. The highest BCUT2D eigenvalue weighted by molar-refractivity contribution is 7.91. The summed E-state index contributed by atoms with van der Waals surface area (Å²) in [4.78, 5) is 14.6. The molecule has 1 aliphatic carbocycles. The highest BCUT2D eigenvalue weighted by Gasteiger charge is 2.36. The van der Waals surface area contributed by atoms with Crippen LogP contribution in [0.5, 0.6) is 0 Å². The summed E-state index contributed by atoms with van der Waals surface area (Å²) in [5.74, 6) is 1.03. The van der Waals surface area contributed by atoms with Crippen molar-refractivity contribution >= 4 is 15.9 Å². The van der Waals surface area contributed by atoms with Gasteiger partial charge >= 0.3 is 6.03 Å². The van der Waals surface area contributed by atoms with E-state index in [1.807, 2.05) is 4.90 Å². The number of hydrogen-bond acceptors (Lipinski definition) is 3. The van der Waals surface area contributed by atoms with Crippen molar-refractivity contribution in [2.75, 3.05) is 18.1 Å². The van der Waals surface area contributed by atoms with Gasteiger partial charge in [-0.15, -0.1) is 0 Å². The van der Waals surface area contributed by atoms with Gasteiger partial charge in [-0.1, -0.05) is 19.3 Å². The van der Waals surface area contributed by atoms with Gasteiger partial charge in [-0.3, -0.25) is 0 Å². The largest absolute Gasteiger partial charge is 0.334 e. The lowest BCUT2D eigenvalue weighted by Crippen LogP contribution is -2.51. The Labute approximate surface area is 133 Å². The van der Waals surface area contributed by atoms with Gasteiger partial charge < -0.3 is 10.2 Å². The van der Waals surface area contributed by atoms with Crippen LogP contribution in [-0.2, 0) is 9.84 Å². The zero-order valence-corrected chi connectivity index (χ0v) is 14.1. The van der Waals surface area contributed by atoms with E-state index >= 15 is 0 Å². The predicted molar refractivity (Wildman–Crippen MR) is 86.5 cm³/mol. The van der Waals surface area contributed by atoms with Crippen LogP contribution in [0.15, 0.2) is 0 Å². The summed E-state index contributed by atoms with van der Waals surface area (Å²) in [7, 11) is -2.97. The number of nitrogens with zero attached hydrogens (tertiary/aromatic N) is 1. The first-order valence-electron chi connectivity index (χ1n) is 8.83. The van der Waals surface area contributed by atoms with Crippen LogP contribution in [0.25, 0.3) is 0 Å². The van der Waals surface area contributed by atoms with Crippen molar-refractivity contribution in [2.45, 2.75) is 69.9 Å². The third kappa shape index (κ3) is 3.76. The van der Waals surface area contributed by atoms with E-state index in [2.05, 4.69) is 5.32 Å². The number of urea groups is 1. The predicted octanol–water partition coefficient (Wildman–Crippen LogP) is 2.32. The van der Waals surface area contributed by atoms with Gasteiger partial charge in [-0.25, -0.2) is 13.2 Å². The summed E-state index contributed by atoms with van der Waals surface area (Å²) in [6.45, 7) is 0.826. The molecule has 126 valence electrons. The Morgan fingerprint density at radius 1 is 0.955 bits per heavy atom.